The third kappa shape index (κ3) is 5.31. The zero-order chi connectivity index (χ0) is 20.4. The lowest BCUT2D eigenvalue weighted by Gasteiger charge is -2.21. The lowest BCUT2D eigenvalue weighted by atomic mass is 10.1. The number of carbonyl (C=O) groups is 1. The number of sulfonamides is 1. The molecule has 0 spiro atoms. The van der Waals surface area contributed by atoms with E-state index in [4.69, 9.17) is 11.6 Å². The fourth-order valence-electron chi connectivity index (χ4n) is 2.70. The number of halogens is 1. The van der Waals surface area contributed by atoms with Gasteiger partial charge >= 0.3 is 0 Å². The van der Waals surface area contributed by atoms with Gasteiger partial charge in [0.2, 0.25) is 10.0 Å². The first kappa shape index (κ1) is 21.4. The fraction of sp³-hybridized carbons (Fsp3) is 0.350. The van der Waals surface area contributed by atoms with Crippen molar-refractivity contribution in [1.82, 2.24) is 4.72 Å². The van der Waals surface area contributed by atoms with E-state index in [2.05, 4.69) is 10.0 Å². The monoisotopic (exact) mass is 408 g/mol. The van der Waals surface area contributed by atoms with Gasteiger partial charge in [-0.25, -0.2) is 13.1 Å². The molecular weight excluding hydrogens is 384 g/mol. The van der Waals surface area contributed by atoms with Crippen LogP contribution in [-0.2, 0) is 16.4 Å². The van der Waals surface area contributed by atoms with Crippen LogP contribution in [0.5, 0.6) is 0 Å². The number of hydrogen-bond acceptors (Lipinski definition) is 3. The molecule has 0 aromatic heterocycles. The van der Waals surface area contributed by atoms with Gasteiger partial charge in [-0.2, -0.15) is 0 Å². The van der Waals surface area contributed by atoms with Crippen LogP contribution in [0.4, 0.5) is 5.69 Å². The van der Waals surface area contributed by atoms with Crippen molar-refractivity contribution in [2.75, 3.05) is 5.32 Å². The minimum atomic E-state index is -3.86. The number of anilines is 1. The molecule has 2 aromatic rings. The number of rotatable bonds is 5. The lowest BCUT2D eigenvalue weighted by Crippen LogP contribution is -2.40. The highest BCUT2D eigenvalue weighted by molar-refractivity contribution is 7.89. The second-order valence-corrected chi connectivity index (χ2v) is 9.48. The van der Waals surface area contributed by atoms with Gasteiger partial charge in [-0.3, -0.25) is 4.79 Å². The first-order chi connectivity index (χ1) is 12.4. The van der Waals surface area contributed by atoms with Crippen LogP contribution < -0.4 is 10.0 Å². The van der Waals surface area contributed by atoms with Gasteiger partial charge in [0.05, 0.1) is 5.02 Å². The molecular formula is C20H25ClN2O3S. The molecule has 0 fully saturated rings. The number of hydrogen-bond donors (Lipinski definition) is 2. The predicted molar refractivity (Wildman–Crippen MR) is 110 cm³/mol. The maximum atomic E-state index is 12.7. The first-order valence-corrected chi connectivity index (χ1v) is 10.5. The van der Waals surface area contributed by atoms with Gasteiger partial charge in [-0.15, -0.1) is 0 Å². The van der Waals surface area contributed by atoms with E-state index in [0.717, 1.165) is 23.2 Å². The van der Waals surface area contributed by atoms with E-state index in [-0.39, 0.29) is 21.4 Å². The number of carbonyl (C=O) groups excluding carboxylic acids is 1. The Bertz CT molecular complexity index is 964. The average Bonchev–Trinajstić information content (AvgIpc) is 2.54. The summed E-state index contributed by atoms with van der Waals surface area (Å²) in [6.07, 6.45) is 0.771. The van der Waals surface area contributed by atoms with Crippen molar-refractivity contribution >= 4 is 33.2 Å². The molecule has 5 nitrogen and oxygen atoms in total. The van der Waals surface area contributed by atoms with Crippen molar-refractivity contribution in [3.05, 3.63) is 58.1 Å². The molecule has 1 amide bonds. The summed E-state index contributed by atoms with van der Waals surface area (Å²) in [5.41, 5.74) is 2.26. The van der Waals surface area contributed by atoms with Crippen LogP contribution in [-0.4, -0.2) is 19.9 Å². The second-order valence-electron chi connectivity index (χ2n) is 7.42. The number of para-hydroxylation sites is 1. The van der Waals surface area contributed by atoms with Gasteiger partial charge in [-0.1, -0.05) is 36.7 Å². The number of amides is 1. The Morgan fingerprint density at radius 3 is 2.41 bits per heavy atom. The minimum Gasteiger partial charge on any atom is -0.321 e. The van der Waals surface area contributed by atoms with E-state index in [1.54, 1.807) is 20.8 Å². The largest absolute Gasteiger partial charge is 0.321 e. The van der Waals surface area contributed by atoms with Crippen LogP contribution in [0.2, 0.25) is 5.02 Å². The van der Waals surface area contributed by atoms with E-state index in [9.17, 15) is 13.2 Å². The molecule has 0 atom stereocenters. The van der Waals surface area contributed by atoms with Gasteiger partial charge in [0, 0.05) is 16.8 Å². The van der Waals surface area contributed by atoms with Crippen molar-refractivity contribution in [3.8, 4) is 0 Å². The van der Waals surface area contributed by atoms with Gasteiger partial charge in [0.15, 0.2) is 0 Å². The molecule has 0 bridgehead atoms. The van der Waals surface area contributed by atoms with Crippen LogP contribution in [0.15, 0.2) is 41.3 Å². The van der Waals surface area contributed by atoms with E-state index in [1.807, 2.05) is 32.0 Å². The van der Waals surface area contributed by atoms with Gasteiger partial charge < -0.3 is 5.32 Å². The molecule has 7 heteroatoms. The van der Waals surface area contributed by atoms with Crippen molar-refractivity contribution in [1.29, 1.82) is 0 Å². The number of nitrogens with one attached hydrogen (secondary N) is 2. The molecule has 0 radical (unpaired) electrons. The average molecular weight is 409 g/mol. The Morgan fingerprint density at radius 2 is 1.81 bits per heavy atom. The van der Waals surface area contributed by atoms with Crippen LogP contribution >= 0.6 is 11.6 Å². The summed E-state index contributed by atoms with van der Waals surface area (Å²) in [5, 5.41) is 2.96. The maximum absolute atomic E-state index is 12.7. The Morgan fingerprint density at radius 1 is 1.15 bits per heavy atom. The smallest absolute Gasteiger partial charge is 0.255 e. The maximum Gasteiger partial charge on any atom is 0.255 e. The van der Waals surface area contributed by atoms with E-state index in [1.165, 1.54) is 18.2 Å². The molecule has 146 valence electrons. The summed E-state index contributed by atoms with van der Waals surface area (Å²) in [6.45, 7) is 9.13. The third-order valence-electron chi connectivity index (χ3n) is 3.90. The fourth-order valence-corrected chi connectivity index (χ4v) is 4.64. The van der Waals surface area contributed by atoms with E-state index in [0.29, 0.717) is 0 Å². The predicted octanol–water partition coefficient (Wildman–Crippen LogP) is 4.54. The summed E-state index contributed by atoms with van der Waals surface area (Å²) < 4.78 is 27.8. The zero-order valence-electron chi connectivity index (χ0n) is 16.2. The molecule has 2 aromatic carbocycles. The van der Waals surface area contributed by atoms with Crippen LogP contribution in [0.1, 0.15) is 49.2 Å². The molecule has 0 aliphatic carbocycles. The molecule has 2 rings (SSSR count). The molecule has 27 heavy (non-hydrogen) atoms. The highest BCUT2D eigenvalue weighted by atomic mass is 35.5. The molecule has 0 heterocycles. The normalized spacial score (nSPS) is 12.1. The summed E-state index contributed by atoms with van der Waals surface area (Å²) >= 11 is 6.10. The molecule has 0 aliphatic heterocycles. The summed E-state index contributed by atoms with van der Waals surface area (Å²) in [6, 6.07) is 10.0. The van der Waals surface area contributed by atoms with Gasteiger partial charge in [0.1, 0.15) is 4.90 Å². The van der Waals surface area contributed by atoms with Crippen LogP contribution in [0.25, 0.3) is 0 Å². The van der Waals surface area contributed by atoms with Crippen LogP contribution in [0, 0.1) is 6.92 Å². The van der Waals surface area contributed by atoms with Crippen molar-refractivity contribution in [2.45, 2.75) is 51.5 Å². The molecule has 0 saturated heterocycles. The topological polar surface area (TPSA) is 75.3 Å². The number of benzene rings is 2. The van der Waals surface area contributed by atoms with Crippen molar-refractivity contribution < 1.29 is 13.2 Å². The quantitative estimate of drug-likeness (QED) is 0.762. The van der Waals surface area contributed by atoms with Gasteiger partial charge in [-0.05, 0) is 63.4 Å². The highest BCUT2D eigenvalue weighted by Crippen LogP contribution is 2.26. The second kappa shape index (κ2) is 8.00. The highest BCUT2D eigenvalue weighted by Gasteiger charge is 2.25. The third-order valence-corrected chi connectivity index (χ3v) is 6.14. The number of aryl methyl sites for hydroxylation is 2. The summed E-state index contributed by atoms with van der Waals surface area (Å²) in [4.78, 5) is 12.6. The summed E-state index contributed by atoms with van der Waals surface area (Å²) in [5.74, 6) is -0.386. The Kier molecular flexibility index (Phi) is 6.35. The minimum absolute atomic E-state index is 0.0634. The molecule has 2 N–H and O–H groups in total. The lowest BCUT2D eigenvalue weighted by molar-refractivity contribution is 0.102. The summed E-state index contributed by atoms with van der Waals surface area (Å²) in [7, 11) is -3.86. The Hall–Kier alpha value is -1.89. The molecule has 0 unspecified atom stereocenters. The van der Waals surface area contributed by atoms with E-state index < -0.39 is 15.6 Å². The molecule has 0 aliphatic rings. The van der Waals surface area contributed by atoms with Crippen molar-refractivity contribution in [2.24, 2.45) is 0 Å². The Labute approximate surface area is 166 Å². The van der Waals surface area contributed by atoms with Crippen LogP contribution in [0.3, 0.4) is 0 Å². The molecule has 0 saturated carbocycles. The first-order valence-electron chi connectivity index (χ1n) is 8.68. The SMILES string of the molecule is CCc1cccc(C)c1NC(=O)c1ccc(Cl)c(S(=O)(=O)NC(C)(C)C)c1. The van der Waals surface area contributed by atoms with Gasteiger partial charge in [0.25, 0.3) is 5.91 Å². The van der Waals surface area contributed by atoms with E-state index >= 15 is 0 Å². The zero-order valence-corrected chi connectivity index (χ0v) is 17.8. The Balaban J connectivity index is 2.40. The standard InChI is InChI=1S/C20H25ClN2O3S/c1-6-14-9-7-8-13(2)18(14)22-19(24)15-10-11-16(21)17(12-15)27(25,26)23-20(3,4)5/h7-12,23H,6H2,1-5H3,(H,22,24). The van der Waals surface area contributed by atoms with Crippen molar-refractivity contribution in [3.63, 3.8) is 0 Å².